The number of aliphatic imine (C=N–C) groups is 3. The molecule has 0 unspecified atom stereocenters. The topological polar surface area (TPSA) is 88.3 Å². The van der Waals surface area contributed by atoms with Crippen LogP contribution in [-0.4, -0.2) is 34.7 Å². The maximum atomic E-state index is 9.95. The van der Waals surface area contributed by atoms with Gasteiger partial charge in [0, 0.05) is 0 Å². The highest BCUT2D eigenvalue weighted by Gasteiger charge is 2.06. The highest BCUT2D eigenvalue weighted by atomic mass is 32.2. The SMILES string of the molecule is O=C=NCSC(N=C=O)SCN=C=O. The lowest BCUT2D eigenvalue weighted by Gasteiger charge is -2.03. The summed E-state index contributed by atoms with van der Waals surface area (Å²) in [4.78, 5) is 39.3. The fraction of sp³-hybridized carbons (Fsp3) is 0.500. The molecule has 0 aliphatic rings. The third-order valence-electron chi connectivity index (χ3n) is 0.851. The van der Waals surface area contributed by atoms with E-state index < -0.39 is 4.71 Å². The van der Waals surface area contributed by atoms with Crippen LogP contribution in [0.4, 0.5) is 0 Å². The van der Waals surface area contributed by atoms with E-state index >= 15 is 0 Å². The Bertz CT molecular complexity index is 281. The molecule has 14 heavy (non-hydrogen) atoms. The molecule has 0 saturated carbocycles. The van der Waals surface area contributed by atoms with Gasteiger partial charge in [-0.3, -0.25) is 0 Å². The van der Waals surface area contributed by atoms with E-state index in [1.165, 1.54) is 18.2 Å². The van der Waals surface area contributed by atoms with Crippen LogP contribution in [0.15, 0.2) is 15.0 Å². The van der Waals surface area contributed by atoms with Gasteiger partial charge in [0.1, 0.15) is 0 Å². The second-order valence-electron chi connectivity index (χ2n) is 1.62. The molecule has 0 aliphatic heterocycles. The lowest BCUT2D eigenvalue weighted by molar-refractivity contribution is 0.563. The maximum absolute atomic E-state index is 9.95. The first kappa shape index (κ1) is 12.8. The quantitative estimate of drug-likeness (QED) is 0.365. The molecule has 0 saturated heterocycles. The monoisotopic (exact) mass is 231 g/mol. The fourth-order valence-electron chi connectivity index (χ4n) is 0.420. The van der Waals surface area contributed by atoms with Gasteiger partial charge in [0.25, 0.3) is 0 Å². The zero-order valence-electron chi connectivity index (χ0n) is 6.87. The van der Waals surface area contributed by atoms with Crippen molar-refractivity contribution in [3.05, 3.63) is 0 Å². The summed E-state index contributed by atoms with van der Waals surface area (Å²) in [5, 5.41) is 0. The van der Waals surface area contributed by atoms with Gasteiger partial charge in [0.2, 0.25) is 18.2 Å². The number of carbonyl (C=O) groups excluding carboxylic acids is 3. The van der Waals surface area contributed by atoms with Gasteiger partial charge in [-0.15, -0.1) is 0 Å². The van der Waals surface area contributed by atoms with Crippen LogP contribution in [0, 0.1) is 0 Å². The number of hydrogen-bond acceptors (Lipinski definition) is 8. The van der Waals surface area contributed by atoms with Crippen LogP contribution >= 0.6 is 23.5 Å². The molecule has 0 aliphatic carbocycles. The number of nitrogens with zero attached hydrogens (tertiary/aromatic N) is 3. The number of rotatable bonds is 7. The van der Waals surface area contributed by atoms with Crippen molar-refractivity contribution in [3.8, 4) is 0 Å². The molecule has 0 radical (unpaired) electrons. The summed E-state index contributed by atoms with van der Waals surface area (Å²) in [6.45, 7) is 0. The summed E-state index contributed by atoms with van der Waals surface area (Å²) in [6.07, 6.45) is 4.08. The van der Waals surface area contributed by atoms with Crippen molar-refractivity contribution in [1.29, 1.82) is 0 Å². The summed E-state index contributed by atoms with van der Waals surface area (Å²) in [5.74, 6) is 0.300. The van der Waals surface area contributed by atoms with Gasteiger partial charge in [-0.1, -0.05) is 23.5 Å². The molecular formula is C6H5N3O3S2. The Morgan fingerprint density at radius 2 is 1.43 bits per heavy atom. The molecule has 0 aromatic heterocycles. The molecule has 0 atom stereocenters. The highest BCUT2D eigenvalue weighted by Crippen LogP contribution is 2.24. The third kappa shape index (κ3) is 7.49. The Balaban J connectivity index is 3.93. The van der Waals surface area contributed by atoms with Gasteiger partial charge < -0.3 is 0 Å². The summed E-state index contributed by atoms with van der Waals surface area (Å²) in [5.41, 5.74) is 0. The first-order valence-electron chi connectivity index (χ1n) is 3.22. The van der Waals surface area contributed by atoms with E-state index in [0.29, 0.717) is 0 Å². The predicted octanol–water partition coefficient (Wildman–Crippen LogP) is 0.659. The van der Waals surface area contributed by atoms with Crippen molar-refractivity contribution in [1.82, 2.24) is 0 Å². The average Bonchev–Trinajstić information content (AvgIpc) is 2.18. The van der Waals surface area contributed by atoms with E-state index in [2.05, 4.69) is 15.0 Å². The van der Waals surface area contributed by atoms with Crippen molar-refractivity contribution in [3.63, 3.8) is 0 Å². The number of thioether (sulfide) groups is 2. The summed E-state index contributed by atoms with van der Waals surface area (Å²) in [6, 6.07) is 0. The molecule has 0 N–H and O–H groups in total. The molecule has 0 fully saturated rings. The zero-order valence-corrected chi connectivity index (χ0v) is 8.51. The molecule has 0 rings (SSSR count). The largest absolute Gasteiger partial charge is 0.236 e. The fourth-order valence-corrected chi connectivity index (χ4v) is 1.92. The molecule has 0 amide bonds. The molecule has 0 bridgehead atoms. The van der Waals surface area contributed by atoms with E-state index in [1.54, 1.807) is 0 Å². The van der Waals surface area contributed by atoms with Crippen LogP contribution in [0.3, 0.4) is 0 Å². The lowest BCUT2D eigenvalue weighted by atomic mass is 11.3. The summed E-state index contributed by atoms with van der Waals surface area (Å²) >= 11 is 2.27. The third-order valence-corrected chi connectivity index (χ3v) is 3.00. The van der Waals surface area contributed by atoms with E-state index in [1.807, 2.05) is 0 Å². The Morgan fingerprint density at radius 3 is 1.79 bits per heavy atom. The molecule has 0 spiro atoms. The van der Waals surface area contributed by atoms with Crippen LogP contribution in [0.2, 0.25) is 0 Å². The molecule has 8 heteroatoms. The van der Waals surface area contributed by atoms with E-state index in [0.717, 1.165) is 23.5 Å². The van der Waals surface area contributed by atoms with E-state index in [9.17, 15) is 14.4 Å². The first-order chi connectivity index (χ1) is 6.85. The molecule has 0 aromatic rings. The van der Waals surface area contributed by atoms with Crippen LogP contribution in [0.1, 0.15) is 0 Å². The molecule has 74 valence electrons. The molecule has 6 nitrogen and oxygen atoms in total. The predicted molar refractivity (Wildman–Crippen MR) is 53.1 cm³/mol. The highest BCUT2D eigenvalue weighted by molar-refractivity contribution is 8.16. The van der Waals surface area contributed by atoms with Gasteiger partial charge in [-0.2, -0.15) is 15.0 Å². The minimum absolute atomic E-state index is 0.150. The van der Waals surface area contributed by atoms with Gasteiger partial charge in [-0.05, 0) is 0 Å². The summed E-state index contributed by atoms with van der Waals surface area (Å²) < 4.78 is -0.471. The Labute approximate surface area is 88.0 Å². The molecule has 0 heterocycles. The van der Waals surface area contributed by atoms with Gasteiger partial charge >= 0.3 is 0 Å². The van der Waals surface area contributed by atoms with Gasteiger partial charge in [-0.25, -0.2) is 14.4 Å². The smallest absolute Gasteiger partial charge is 0.211 e. The Morgan fingerprint density at radius 1 is 0.929 bits per heavy atom. The van der Waals surface area contributed by atoms with Gasteiger partial charge in [0.05, 0.1) is 11.8 Å². The summed E-state index contributed by atoms with van der Waals surface area (Å²) in [7, 11) is 0. The van der Waals surface area contributed by atoms with Crippen molar-refractivity contribution in [2.24, 2.45) is 15.0 Å². The lowest BCUT2D eigenvalue weighted by Crippen LogP contribution is -1.93. The van der Waals surface area contributed by atoms with Crippen molar-refractivity contribution in [2.75, 3.05) is 11.8 Å². The normalized spacial score (nSPS) is 10.3. The van der Waals surface area contributed by atoms with Crippen molar-refractivity contribution in [2.45, 2.75) is 4.71 Å². The van der Waals surface area contributed by atoms with Gasteiger partial charge in [0.15, 0.2) is 4.71 Å². The Kier molecular flexibility index (Phi) is 9.10. The minimum Gasteiger partial charge on any atom is -0.211 e. The Hall–Kier alpha value is -1.16. The van der Waals surface area contributed by atoms with E-state index in [-0.39, 0.29) is 11.8 Å². The van der Waals surface area contributed by atoms with Crippen LogP contribution < -0.4 is 0 Å². The maximum Gasteiger partial charge on any atom is 0.236 e. The second kappa shape index (κ2) is 9.92. The number of hydrogen-bond donors (Lipinski definition) is 0. The van der Waals surface area contributed by atoms with Crippen molar-refractivity contribution < 1.29 is 14.4 Å². The van der Waals surface area contributed by atoms with E-state index in [4.69, 9.17) is 0 Å². The zero-order chi connectivity index (χ0) is 10.6. The van der Waals surface area contributed by atoms with Crippen molar-refractivity contribution >= 4 is 41.8 Å². The average molecular weight is 231 g/mol. The standard InChI is InChI=1S/C6H5N3O3S2/c10-1-7-4-13-6(9-3-12)14-5-8-2-11/h6H,4-5H2. The van der Waals surface area contributed by atoms with Crippen LogP contribution in [0.25, 0.3) is 0 Å². The number of isocyanates is 3. The first-order valence-corrected chi connectivity index (χ1v) is 5.32. The van der Waals surface area contributed by atoms with Crippen LogP contribution in [0.5, 0.6) is 0 Å². The van der Waals surface area contributed by atoms with Crippen LogP contribution in [-0.2, 0) is 14.4 Å². The second-order valence-corrected chi connectivity index (χ2v) is 3.99. The minimum atomic E-state index is -0.471. The molecular weight excluding hydrogens is 226 g/mol. The molecule has 0 aromatic carbocycles.